The van der Waals surface area contributed by atoms with Crippen LogP contribution in [0.5, 0.6) is 0 Å². The first-order chi connectivity index (χ1) is 7.72. The molecule has 88 valence electrons. The lowest BCUT2D eigenvalue weighted by Crippen LogP contribution is -2.33. The van der Waals surface area contributed by atoms with Crippen LogP contribution in [0.1, 0.15) is 25.7 Å². The van der Waals surface area contributed by atoms with Crippen LogP contribution in [-0.2, 0) is 0 Å². The average molecular weight is 223 g/mol. The van der Waals surface area contributed by atoms with Crippen LogP contribution in [0.3, 0.4) is 0 Å². The van der Waals surface area contributed by atoms with E-state index in [0.29, 0.717) is 18.3 Å². The highest BCUT2D eigenvalue weighted by atomic mass is 16.3. The van der Waals surface area contributed by atoms with E-state index in [4.69, 9.17) is 5.84 Å². The van der Waals surface area contributed by atoms with E-state index in [0.717, 1.165) is 25.7 Å². The maximum atomic E-state index is 10.1. The molecule has 2 rings (SSSR count). The third kappa shape index (κ3) is 2.59. The molecule has 0 atom stereocenters. The summed E-state index contributed by atoms with van der Waals surface area (Å²) in [4.78, 5) is 8.02. The predicted molar refractivity (Wildman–Crippen MR) is 61.7 cm³/mol. The largest absolute Gasteiger partial charge is 0.388 e. The summed E-state index contributed by atoms with van der Waals surface area (Å²) in [5, 5.41) is 13.2. The zero-order valence-electron chi connectivity index (χ0n) is 9.11. The van der Waals surface area contributed by atoms with Crippen LogP contribution in [0.2, 0.25) is 0 Å². The van der Waals surface area contributed by atoms with Crippen molar-refractivity contribution in [2.45, 2.75) is 31.3 Å². The lowest BCUT2D eigenvalue weighted by molar-refractivity contribution is 0.0614. The van der Waals surface area contributed by atoms with E-state index >= 15 is 0 Å². The van der Waals surface area contributed by atoms with Crippen LogP contribution in [0.25, 0.3) is 0 Å². The highest BCUT2D eigenvalue weighted by molar-refractivity contribution is 5.39. The molecule has 1 fully saturated rings. The summed E-state index contributed by atoms with van der Waals surface area (Å²) in [6.45, 7) is 0.522. The number of aliphatic hydroxyl groups is 1. The molecule has 16 heavy (non-hydrogen) atoms. The van der Waals surface area contributed by atoms with Crippen LogP contribution in [0.15, 0.2) is 12.3 Å². The van der Waals surface area contributed by atoms with Crippen LogP contribution in [0.4, 0.5) is 11.8 Å². The smallest absolute Gasteiger partial charge is 0.239 e. The summed E-state index contributed by atoms with van der Waals surface area (Å²) in [5.41, 5.74) is 1.80. The zero-order chi connectivity index (χ0) is 11.4. The third-order valence-electron chi connectivity index (χ3n) is 2.92. The van der Waals surface area contributed by atoms with Crippen molar-refractivity contribution in [2.24, 2.45) is 5.84 Å². The van der Waals surface area contributed by atoms with E-state index in [-0.39, 0.29) is 0 Å². The van der Waals surface area contributed by atoms with E-state index in [1.54, 1.807) is 12.3 Å². The number of anilines is 2. The molecule has 6 heteroatoms. The van der Waals surface area contributed by atoms with E-state index in [9.17, 15) is 5.11 Å². The van der Waals surface area contributed by atoms with Crippen molar-refractivity contribution in [3.63, 3.8) is 0 Å². The minimum absolute atomic E-state index is 0.364. The highest BCUT2D eigenvalue weighted by Gasteiger charge is 2.30. The van der Waals surface area contributed by atoms with Crippen molar-refractivity contribution in [1.82, 2.24) is 9.97 Å². The van der Waals surface area contributed by atoms with Crippen molar-refractivity contribution in [2.75, 3.05) is 17.3 Å². The Bertz CT molecular complexity index is 351. The summed E-state index contributed by atoms with van der Waals surface area (Å²) < 4.78 is 0. The molecule has 0 unspecified atom stereocenters. The Morgan fingerprint density at radius 1 is 1.44 bits per heavy atom. The first-order valence-electron chi connectivity index (χ1n) is 5.48. The Labute approximate surface area is 94.3 Å². The number of nitrogens with two attached hydrogens (primary N) is 1. The molecule has 0 saturated heterocycles. The van der Waals surface area contributed by atoms with Crippen molar-refractivity contribution in [3.8, 4) is 0 Å². The Morgan fingerprint density at radius 3 is 2.88 bits per heavy atom. The lowest BCUT2D eigenvalue weighted by atomic mass is 10.0. The Hall–Kier alpha value is -1.40. The molecule has 6 nitrogen and oxygen atoms in total. The number of hydrazine groups is 1. The topological polar surface area (TPSA) is 96.1 Å². The Morgan fingerprint density at radius 2 is 2.19 bits per heavy atom. The summed E-state index contributed by atoms with van der Waals surface area (Å²) in [6, 6.07) is 1.75. The fourth-order valence-corrected chi connectivity index (χ4v) is 1.99. The fraction of sp³-hybridized carbons (Fsp3) is 0.600. The lowest BCUT2D eigenvalue weighted by Gasteiger charge is -2.22. The van der Waals surface area contributed by atoms with Crippen molar-refractivity contribution in [1.29, 1.82) is 0 Å². The molecule has 0 aliphatic heterocycles. The third-order valence-corrected chi connectivity index (χ3v) is 2.92. The van der Waals surface area contributed by atoms with Gasteiger partial charge in [0.15, 0.2) is 0 Å². The summed E-state index contributed by atoms with van der Waals surface area (Å²) >= 11 is 0. The molecule has 1 aliphatic rings. The number of hydrogen-bond acceptors (Lipinski definition) is 6. The van der Waals surface area contributed by atoms with Gasteiger partial charge < -0.3 is 10.4 Å². The molecule has 1 aromatic rings. The van der Waals surface area contributed by atoms with Crippen LogP contribution < -0.4 is 16.6 Å². The quantitative estimate of drug-likeness (QED) is 0.438. The van der Waals surface area contributed by atoms with Gasteiger partial charge in [-0.2, -0.15) is 4.98 Å². The van der Waals surface area contributed by atoms with Crippen LogP contribution >= 0.6 is 0 Å². The van der Waals surface area contributed by atoms with Gasteiger partial charge in [0.05, 0.1) is 5.60 Å². The van der Waals surface area contributed by atoms with E-state index in [1.807, 2.05) is 0 Å². The van der Waals surface area contributed by atoms with Gasteiger partial charge in [-0.1, -0.05) is 12.8 Å². The molecule has 5 N–H and O–H groups in total. The van der Waals surface area contributed by atoms with Gasteiger partial charge in [0.1, 0.15) is 5.82 Å². The second-order valence-electron chi connectivity index (χ2n) is 4.19. The highest BCUT2D eigenvalue weighted by Crippen LogP contribution is 2.29. The van der Waals surface area contributed by atoms with Gasteiger partial charge in [-0.25, -0.2) is 10.8 Å². The predicted octanol–water partition coefficient (Wildman–Crippen LogP) is 0.479. The van der Waals surface area contributed by atoms with Crippen LogP contribution in [0, 0.1) is 0 Å². The van der Waals surface area contributed by atoms with E-state index in [2.05, 4.69) is 20.7 Å². The van der Waals surface area contributed by atoms with E-state index < -0.39 is 5.60 Å². The Kier molecular flexibility index (Phi) is 3.21. The molecular formula is C10H17N5O. The van der Waals surface area contributed by atoms with Crippen molar-refractivity contribution < 1.29 is 5.11 Å². The minimum atomic E-state index is -0.582. The van der Waals surface area contributed by atoms with Gasteiger partial charge in [0, 0.05) is 12.7 Å². The molecule has 1 aliphatic carbocycles. The molecule has 0 radical (unpaired) electrons. The maximum Gasteiger partial charge on any atom is 0.239 e. The second-order valence-corrected chi connectivity index (χ2v) is 4.19. The minimum Gasteiger partial charge on any atom is -0.388 e. The number of nitrogens with zero attached hydrogens (tertiary/aromatic N) is 2. The van der Waals surface area contributed by atoms with Gasteiger partial charge in [-0.05, 0) is 18.9 Å². The molecular weight excluding hydrogens is 206 g/mol. The van der Waals surface area contributed by atoms with E-state index in [1.165, 1.54) is 0 Å². The maximum absolute atomic E-state index is 10.1. The molecule has 1 heterocycles. The SMILES string of the molecule is NNc1nccc(NCC2(O)CCCC2)n1. The van der Waals surface area contributed by atoms with Gasteiger partial charge in [-0.15, -0.1) is 0 Å². The first kappa shape index (κ1) is 11.1. The summed E-state index contributed by atoms with van der Waals surface area (Å²) in [7, 11) is 0. The standard InChI is InChI=1S/C10H17N5O/c11-15-9-12-6-3-8(14-9)13-7-10(16)4-1-2-5-10/h3,6,16H,1-2,4-5,7,11H2,(H2,12,13,14,15). The molecule has 1 aromatic heterocycles. The van der Waals surface area contributed by atoms with Crippen molar-refractivity contribution >= 4 is 11.8 Å². The monoisotopic (exact) mass is 223 g/mol. The molecule has 1 saturated carbocycles. The molecule has 0 bridgehead atoms. The summed E-state index contributed by atoms with van der Waals surface area (Å²) in [6.07, 6.45) is 5.51. The van der Waals surface area contributed by atoms with Gasteiger partial charge in [0.2, 0.25) is 5.95 Å². The number of rotatable bonds is 4. The second kappa shape index (κ2) is 4.63. The number of nitrogen functional groups attached to an aromatic ring is 1. The fourth-order valence-electron chi connectivity index (χ4n) is 1.99. The van der Waals surface area contributed by atoms with Crippen LogP contribution in [-0.4, -0.2) is 27.2 Å². The molecule has 0 amide bonds. The number of aromatic nitrogens is 2. The van der Waals surface area contributed by atoms with Crippen molar-refractivity contribution in [3.05, 3.63) is 12.3 Å². The van der Waals surface area contributed by atoms with Gasteiger partial charge in [-0.3, -0.25) is 5.43 Å². The average Bonchev–Trinajstić information content (AvgIpc) is 2.75. The number of nitrogens with one attached hydrogen (secondary N) is 2. The summed E-state index contributed by atoms with van der Waals surface area (Å²) in [5.74, 6) is 6.24. The Balaban J connectivity index is 1.93. The normalized spacial score (nSPS) is 18.4. The molecule has 0 spiro atoms. The van der Waals surface area contributed by atoms with Gasteiger partial charge in [0.25, 0.3) is 0 Å². The molecule has 0 aromatic carbocycles. The van der Waals surface area contributed by atoms with Gasteiger partial charge >= 0.3 is 0 Å². The first-order valence-corrected chi connectivity index (χ1v) is 5.48. The number of hydrogen-bond donors (Lipinski definition) is 4. The zero-order valence-corrected chi connectivity index (χ0v) is 9.11.